The first-order valence-corrected chi connectivity index (χ1v) is 9.09. The number of aromatic hydroxyl groups is 1. The van der Waals surface area contributed by atoms with Gasteiger partial charge in [-0.3, -0.25) is 19.8 Å². The van der Waals surface area contributed by atoms with Gasteiger partial charge in [-0.05, 0) is 35.9 Å². The second-order valence-corrected chi connectivity index (χ2v) is 6.98. The van der Waals surface area contributed by atoms with E-state index in [0.29, 0.717) is 16.6 Å². The van der Waals surface area contributed by atoms with Gasteiger partial charge < -0.3 is 10.1 Å². The van der Waals surface area contributed by atoms with E-state index in [9.17, 15) is 19.5 Å². The van der Waals surface area contributed by atoms with Crippen LogP contribution in [0.2, 0.25) is 0 Å². The molecule has 4 rings (SSSR count). The number of phenols is 1. The quantitative estimate of drug-likeness (QED) is 0.633. The fourth-order valence-corrected chi connectivity index (χ4v) is 3.94. The lowest BCUT2D eigenvalue weighted by molar-refractivity contribution is -0.130. The van der Waals surface area contributed by atoms with Crippen LogP contribution in [0.5, 0.6) is 5.75 Å². The van der Waals surface area contributed by atoms with Crippen LogP contribution in [0, 0.1) is 0 Å². The zero-order valence-corrected chi connectivity index (χ0v) is 14.7. The zero-order valence-electron chi connectivity index (χ0n) is 13.9. The molecule has 27 heavy (non-hydrogen) atoms. The number of aromatic nitrogens is 2. The highest BCUT2D eigenvalue weighted by atomic mass is 32.2. The van der Waals surface area contributed by atoms with Crippen molar-refractivity contribution < 1.29 is 14.7 Å². The fraction of sp³-hybridized carbons (Fsp3) is 0.111. The molecule has 9 heteroatoms. The van der Waals surface area contributed by atoms with E-state index in [1.807, 2.05) is 0 Å². The number of hydrogen-bond acceptors (Lipinski definition) is 6. The molecule has 3 aromatic rings. The van der Waals surface area contributed by atoms with Gasteiger partial charge >= 0.3 is 0 Å². The first-order valence-electron chi connectivity index (χ1n) is 8.04. The van der Waals surface area contributed by atoms with Crippen molar-refractivity contribution in [3.8, 4) is 5.75 Å². The first-order chi connectivity index (χ1) is 13.0. The van der Waals surface area contributed by atoms with Crippen LogP contribution in [-0.4, -0.2) is 37.7 Å². The lowest BCUT2D eigenvalue weighted by Crippen LogP contribution is -2.45. The van der Waals surface area contributed by atoms with Gasteiger partial charge in [-0.2, -0.15) is 0 Å². The highest BCUT2D eigenvalue weighted by Gasteiger charge is 2.35. The van der Waals surface area contributed by atoms with Gasteiger partial charge in [0.1, 0.15) is 22.3 Å². The Morgan fingerprint density at radius 2 is 2.11 bits per heavy atom. The van der Waals surface area contributed by atoms with Crippen LogP contribution in [0.25, 0.3) is 11.0 Å². The number of aromatic amines is 1. The number of hydrazine groups is 1. The van der Waals surface area contributed by atoms with Gasteiger partial charge in [0, 0.05) is 11.6 Å². The number of hydrogen-bond donors (Lipinski definition) is 3. The van der Waals surface area contributed by atoms with Crippen LogP contribution in [0.3, 0.4) is 0 Å². The van der Waals surface area contributed by atoms with Gasteiger partial charge in [0.2, 0.25) is 0 Å². The number of fused-ring (bicyclic) bond motifs is 1. The second kappa shape index (κ2) is 6.76. The Hall–Kier alpha value is -3.33. The van der Waals surface area contributed by atoms with Crippen molar-refractivity contribution in [3.63, 3.8) is 0 Å². The maximum absolute atomic E-state index is 12.7. The lowest BCUT2D eigenvalue weighted by Gasteiger charge is -2.24. The topological polar surface area (TPSA) is 115 Å². The molecule has 136 valence electrons. The molecule has 2 amide bonds. The number of H-pyrrole nitrogens is 1. The number of phenolic OH excluding ortho intramolecular Hbond substituents is 1. The molecule has 1 aliphatic heterocycles. The summed E-state index contributed by atoms with van der Waals surface area (Å²) in [4.78, 5) is 43.7. The Labute approximate surface area is 157 Å². The molecule has 1 fully saturated rings. The van der Waals surface area contributed by atoms with Gasteiger partial charge in [0.15, 0.2) is 0 Å². The number of thioether (sulfide) groups is 1. The average molecular weight is 382 g/mol. The maximum Gasteiger partial charge on any atom is 0.275 e. The standard InChI is InChI=1S/C18H14N4O4S/c23-12-5-1-3-11(7-12)18-22(14(24)9-27-18)21-17(26)13-8-10-4-2-6-19-15(10)20-16(13)25/h1-8,18,23H,9H2,(H,21,26)(H,19,20,25). The number of rotatable bonds is 3. The molecule has 1 aliphatic rings. The molecule has 3 N–H and O–H groups in total. The maximum atomic E-state index is 12.7. The Bertz CT molecular complexity index is 1110. The van der Waals surface area contributed by atoms with Crippen LogP contribution in [-0.2, 0) is 4.79 Å². The van der Waals surface area contributed by atoms with Gasteiger partial charge in [0.25, 0.3) is 17.4 Å². The van der Waals surface area contributed by atoms with Crippen molar-refractivity contribution in [3.05, 3.63) is 70.1 Å². The third-order valence-corrected chi connectivity index (χ3v) is 5.32. The van der Waals surface area contributed by atoms with Crippen LogP contribution in [0.15, 0.2) is 53.5 Å². The lowest BCUT2D eigenvalue weighted by atomic mass is 10.2. The average Bonchev–Trinajstić information content (AvgIpc) is 3.01. The molecule has 1 saturated heterocycles. The van der Waals surface area contributed by atoms with Crippen molar-refractivity contribution in [1.29, 1.82) is 0 Å². The number of carbonyl (C=O) groups is 2. The summed E-state index contributed by atoms with van der Waals surface area (Å²) in [6.45, 7) is 0. The van der Waals surface area contributed by atoms with Crippen LogP contribution >= 0.6 is 11.8 Å². The molecule has 1 aromatic carbocycles. The SMILES string of the molecule is O=C(NN1C(=O)CSC1c1cccc(O)c1)c1cc2cccnc2[nH]c1=O. The van der Waals surface area contributed by atoms with Crippen molar-refractivity contribution in [2.45, 2.75) is 5.37 Å². The predicted octanol–water partition coefficient (Wildman–Crippen LogP) is 1.55. The second-order valence-electron chi connectivity index (χ2n) is 5.92. The van der Waals surface area contributed by atoms with Gasteiger partial charge in [-0.25, -0.2) is 9.99 Å². The predicted molar refractivity (Wildman–Crippen MR) is 100.0 cm³/mol. The van der Waals surface area contributed by atoms with Gasteiger partial charge in [-0.1, -0.05) is 12.1 Å². The molecule has 1 unspecified atom stereocenters. The van der Waals surface area contributed by atoms with E-state index in [-0.39, 0.29) is 23.0 Å². The van der Waals surface area contributed by atoms with Crippen molar-refractivity contribution in [1.82, 2.24) is 20.4 Å². The van der Waals surface area contributed by atoms with E-state index in [2.05, 4.69) is 15.4 Å². The highest BCUT2D eigenvalue weighted by Crippen LogP contribution is 2.38. The van der Waals surface area contributed by atoms with Crippen LogP contribution in [0.1, 0.15) is 21.3 Å². The molecule has 2 aromatic heterocycles. The van der Waals surface area contributed by atoms with Crippen molar-refractivity contribution in [2.24, 2.45) is 0 Å². The number of nitrogens with one attached hydrogen (secondary N) is 2. The van der Waals surface area contributed by atoms with E-state index in [1.54, 1.807) is 24.3 Å². The molecule has 0 radical (unpaired) electrons. The fourth-order valence-electron chi connectivity index (χ4n) is 2.84. The molecule has 1 atom stereocenters. The minimum atomic E-state index is -0.692. The summed E-state index contributed by atoms with van der Waals surface area (Å²) < 4.78 is 0. The molecule has 0 aliphatic carbocycles. The Morgan fingerprint density at radius 3 is 2.93 bits per heavy atom. The molecule has 3 heterocycles. The third kappa shape index (κ3) is 3.24. The van der Waals surface area contributed by atoms with Crippen LogP contribution < -0.4 is 11.0 Å². The molecular weight excluding hydrogens is 368 g/mol. The smallest absolute Gasteiger partial charge is 0.275 e. The van der Waals surface area contributed by atoms with Gasteiger partial charge in [-0.15, -0.1) is 11.8 Å². The Balaban J connectivity index is 1.64. The molecular formula is C18H14N4O4S. The first kappa shape index (κ1) is 17.1. The van der Waals surface area contributed by atoms with Crippen LogP contribution in [0.4, 0.5) is 0 Å². The van der Waals surface area contributed by atoms with E-state index in [4.69, 9.17) is 0 Å². The minimum absolute atomic E-state index is 0.0669. The monoisotopic (exact) mass is 382 g/mol. The van der Waals surface area contributed by atoms with Crippen molar-refractivity contribution in [2.75, 3.05) is 5.75 Å². The van der Waals surface area contributed by atoms with E-state index < -0.39 is 16.8 Å². The number of benzene rings is 1. The number of amides is 2. The molecule has 0 saturated carbocycles. The highest BCUT2D eigenvalue weighted by molar-refractivity contribution is 8.00. The summed E-state index contributed by atoms with van der Waals surface area (Å²) >= 11 is 1.32. The minimum Gasteiger partial charge on any atom is -0.508 e. The summed E-state index contributed by atoms with van der Waals surface area (Å²) in [6, 6.07) is 11.3. The normalized spacial score (nSPS) is 16.7. The van der Waals surface area contributed by atoms with E-state index in [1.165, 1.54) is 41.2 Å². The third-order valence-electron chi connectivity index (χ3n) is 4.11. The number of nitrogens with zero attached hydrogens (tertiary/aromatic N) is 2. The Morgan fingerprint density at radius 1 is 1.26 bits per heavy atom. The van der Waals surface area contributed by atoms with E-state index in [0.717, 1.165) is 0 Å². The Kier molecular flexibility index (Phi) is 4.28. The summed E-state index contributed by atoms with van der Waals surface area (Å²) in [7, 11) is 0. The number of carbonyl (C=O) groups excluding carboxylic acids is 2. The number of pyridine rings is 2. The van der Waals surface area contributed by atoms with E-state index >= 15 is 0 Å². The summed E-state index contributed by atoms with van der Waals surface area (Å²) in [5.74, 6) is -0.737. The largest absolute Gasteiger partial charge is 0.508 e. The molecule has 8 nitrogen and oxygen atoms in total. The van der Waals surface area contributed by atoms with Crippen molar-refractivity contribution >= 4 is 34.6 Å². The van der Waals surface area contributed by atoms with Gasteiger partial charge in [0.05, 0.1) is 5.75 Å². The summed E-state index contributed by atoms with van der Waals surface area (Å²) in [6.07, 6.45) is 1.54. The summed E-state index contributed by atoms with van der Waals surface area (Å²) in [5, 5.41) is 11.0. The summed E-state index contributed by atoms with van der Waals surface area (Å²) in [5.41, 5.74) is 2.86. The zero-order chi connectivity index (χ0) is 19.0. The molecule has 0 spiro atoms. The molecule has 0 bridgehead atoms.